The second-order valence-electron chi connectivity index (χ2n) is 6.61. The van der Waals surface area contributed by atoms with Crippen LogP contribution in [0.15, 0.2) is 12.1 Å². The first-order chi connectivity index (χ1) is 12.0. The highest BCUT2D eigenvalue weighted by Gasteiger charge is 2.33. The van der Waals surface area contributed by atoms with Crippen LogP contribution in [0.2, 0.25) is 0 Å². The van der Waals surface area contributed by atoms with Gasteiger partial charge in [-0.05, 0) is 45.3 Å². The Morgan fingerprint density at radius 3 is 2.72 bits per heavy atom. The Balaban J connectivity index is 2.16. The molecule has 1 aromatic rings. The minimum atomic E-state index is -0.0711. The van der Waals surface area contributed by atoms with Gasteiger partial charge in [-0.25, -0.2) is 0 Å². The molecule has 7 nitrogen and oxygen atoms in total. The van der Waals surface area contributed by atoms with Crippen molar-refractivity contribution in [3.63, 3.8) is 0 Å². The maximum absolute atomic E-state index is 13.0. The lowest BCUT2D eigenvalue weighted by molar-refractivity contribution is 0.0492. The molecule has 0 saturated carbocycles. The minimum Gasteiger partial charge on any atom is -0.481 e. The lowest BCUT2D eigenvalue weighted by Gasteiger charge is -2.41. The predicted octanol–water partition coefficient (Wildman–Crippen LogP) is 1.26. The molecule has 0 aromatic carbocycles. The summed E-state index contributed by atoms with van der Waals surface area (Å²) in [5, 5.41) is 9.16. The van der Waals surface area contributed by atoms with E-state index in [1.54, 1.807) is 12.1 Å². The van der Waals surface area contributed by atoms with Gasteiger partial charge in [0.2, 0.25) is 11.8 Å². The standard InChI is InChI=1S/C18H29N3O4/c1-20(2)15-9-10-21(12-13(15)6-5-11-22)18(23)14-7-8-16(24-3)19-17(14)25-4/h7-8,13,15,22H,5-6,9-12H2,1-4H3/t13-,15+/m1/s1. The number of hydrogen-bond acceptors (Lipinski definition) is 6. The highest BCUT2D eigenvalue weighted by molar-refractivity contribution is 5.96. The number of pyridine rings is 1. The number of nitrogens with zero attached hydrogens (tertiary/aromatic N) is 3. The average Bonchev–Trinajstić information content (AvgIpc) is 2.64. The third-order valence-corrected chi connectivity index (χ3v) is 4.84. The summed E-state index contributed by atoms with van der Waals surface area (Å²) in [6.07, 6.45) is 2.58. The van der Waals surface area contributed by atoms with Crippen LogP contribution in [0, 0.1) is 5.92 Å². The molecule has 1 aliphatic heterocycles. The van der Waals surface area contributed by atoms with Crippen LogP contribution in [0.25, 0.3) is 0 Å². The lowest BCUT2D eigenvalue weighted by atomic mass is 9.87. The largest absolute Gasteiger partial charge is 0.481 e. The maximum atomic E-state index is 13.0. The van der Waals surface area contributed by atoms with E-state index >= 15 is 0 Å². The van der Waals surface area contributed by atoms with Crippen LogP contribution in [0.3, 0.4) is 0 Å². The molecule has 1 amide bonds. The van der Waals surface area contributed by atoms with Gasteiger partial charge in [-0.2, -0.15) is 4.98 Å². The summed E-state index contributed by atoms with van der Waals surface area (Å²) in [5.74, 6) is 0.974. The molecule has 0 aliphatic carbocycles. The van der Waals surface area contributed by atoms with Crippen molar-refractivity contribution in [2.24, 2.45) is 5.92 Å². The highest BCUT2D eigenvalue weighted by Crippen LogP contribution is 2.28. The van der Waals surface area contributed by atoms with E-state index in [9.17, 15) is 4.79 Å². The highest BCUT2D eigenvalue weighted by atomic mass is 16.5. The number of ether oxygens (including phenoxy) is 2. The normalized spacial score (nSPS) is 20.6. The molecule has 2 atom stereocenters. The molecular formula is C18H29N3O4. The second kappa shape index (κ2) is 9.01. The number of aliphatic hydroxyl groups is 1. The van der Waals surface area contributed by atoms with E-state index in [1.165, 1.54) is 14.2 Å². The van der Waals surface area contributed by atoms with E-state index in [1.807, 2.05) is 4.90 Å². The van der Waals surface area contributed by atoms with E-state index < -0.39 is 0 Å². The van der Waals surface area contributed by atoms with E-state index in [0.29, 0.717) is 36.5 Å². The summed E-state index contributed by atoms with van der Waals surface area (Å²) >= 11 is 0. The fraction of sp³-hybridized carbons (Fsp3) is 0.667. The van der Waals surface area contributed by atoms with Gasteiger partial charge in [0.15, 0.2) is 0 Å². The van der Waals surface area contributed by atoms with E-state index in [-0.39, 0.29) is 18.4 Å². The first kappa shape index (κ1) is 19.5. The molecule has 0 bridgehead atoms. The zero-order chi connectivity index (χ0) is 18.4. The molecule has 1 aromatic heterocycles. The molecule has 2 heterocycles. The number of piperidine rings is 1. The number of rotatable bonds is 7. The minimum absolute atomic E-state index is 0.0711. The van der Waals surface area contributed by atoms with Gasteiger partial charge in [-0.1, -0.05) is 0 Å². The molecule has 0 spiro atoms. The van der Waals surface area contributed by atoms with Gasteiger partial charge in [-0.15, -0.1) is 0 Å². The number of aromatic nitrogens is 1. The van der Waals surface area contributed by atoms with Gasteiger partial charge in [0.05, 0.1) is 14.2 Å². The van der Waals surface area contributed by atoms with E-state index in [2.05, 4.69) is 24.0 Å². The first-order valence-corrected chi connectivity index (χ1v) is 8.67. The first-order valence-electron chi connectivity index (χ1n) is 8.67. The third-order valence-electron chi connectivity index (χ3n) is 4.84. The Morgan fingerprint density at radius 1 is 1.36 bits per heavy atom. The molecule has 7 heteroatoms. The molecule has 0 unspecified atom stereocenters. The van der Waals surface area contributed by atoms with Crippen molar-refractivity contribution in [3.8, 4) is 11.8 Å². The fourth-order valence-electron chi connectivity index (χ4n) is 3.55. The van der Waals surface area contributed by atoms with Gasteiger partial charge < -0.3 is 24.4 Å². The molecular weight excluding hydrogens is 322 g/mol. The van der Waals surface area contributed by atoms with Crippen LogP contribution < -0.4 is 9.47 Å². The monoisotopic (exact) mass is 351 g/mol. The average molecular weight is 351 g/mol. The van der Waals surface area contributed by atoms with Crippen LogP contribution in [-0.4, -0.2) is 79.9 Å². The number of aliphatic hydroxyl groups excluding tert-OH is 1. The van der Waals surface area contributed by atoms with Crippen LogP contribution >= 0.6 is 0 Å². The summed E-state index contributed by atoms with van der Waals surface area (Å²) < 4.78 is 10.4. The zero-order valence-corrected chi connectivity index (χ0v) is 15.6. The Kier molecular flexibility index (Phi) is 7.01. The summed E-state index contributed by atoms with van der Waals surface area (Å²) in [5.41, 5.74) is 0.451. The fourth-order valence-corrected chi connectivity index (χ4v) is 3.55. The van der Waals surface area contributed by atoms with Gasteiger partial charge in [0.25, 0.3) is 5.91 Å². The number of methoxy groups -OCH3 is 2. The number of amides is 1. The molecule has 0 radical (unpaired) electrons. The van der Waals surface area contributed by atoms with Crippen molar-refractivity contribution in [3.05, 3.63) is 17.7 Å². The molecule has 1 saturated heterocycles. The smallest absolute Gasteiger partial charge is 0.259 e. The second-order valence-corrected chi connectivity index (χ2v) is 6.61. The predicted molar refractivity (Wildman–Crippen MR) is 95.1 cm³/mol. The van der Waals surface area contributed by atoms with Crippen molar-refractivity contribution in [2.75, 3.05) is 48.0 Å². The summed E-state index contributed by atoms with van der Waals surface area (Å²) in [6, 6.07) is 3.80. The molecule has 140 valence electrons. The van der Waals surface area contributed by atoms with Crippen molar-refractivity contribution >= 4 is 5.91 Å². The van der Waals surface area contributed by atoms with Gasteiger partial charge in [0.1, 0.15) is 5.56 Å². The van der Waals surface area contributed by atoms with Crippen LogP contribution in [0.5, 0.6) is 11.8 Å². The van der Waals surface area contributed by atoms with Crippen molar-refractivity contribution < 1.29 is 19.4 Å². The number of likely N-dealkylation sites (tertiary alicyclic amines) is 1. The molecule has 1 N–H and O–H groups in total. The summed E-state index contributed by atoms with van der Waals surface area (Å²) in [6.45, 7) is 1.56. The van der Waals surface area contributed by atoms with Gasteiger partial charge >= 0.3 is 0 Å². The third kappa shape index (κ3) is 4.61. The van der Waals surface area contributed by atoms with Crippen LogP contribution in [0.4, 0.5) is 0 Å². The Labute approximate surface area is 149 Å². The van der Waals surface area contributed by atoms with Crippen molar-refractivity contribution in [2.45, 2.75) is 25.3 Å². The van der Waals surface area contributed by atoms with Crippen molar-refractivity contribution in [1.82, 2.24) is 14.8 Å². The molecule has 2 rings (SSSR count). The topological polar surface area (TPSA) is 75.1 Å². The molecule has 1 fully saturated rings. The van der Waals surface area contributed by atoms with Crippen LogP contribution in [-0.2, 0) is 0 Å². The maximum Gasteiger partial charge on any atom is 0.259 e. The SMILES string of the molecule is COc1ccc(C(=O)N2CC[C@H](N(C)C)[C@H](CCCO)C2)c(OC)n1. The van der Waals surface area contributed by atoms with Crippen molar-refractivity contribution in [1.29, 1.82) is 0 Å². The van der Waals surface area contributed by atoms with E-state index in [4.69, 9.17) is 14.6 Å². The number of carbonyl (C=O) groups excluding carboxylic acids is 1. The zero-order valence-electron chi connectivity index (χ0n) is 15.6. The van der Waals surface area contributed by atoms with Gasteiger partial charge in [0, 0.05) is 31.8 Å². The summed E-state index contributed by atoms with van der Waals surface area (Å²) in [7, 11) is 7.18. The molecule has 25 heavy (non-hydrogen) atoms. The Hall–Kier alpha value is -1.86. The van der Waals surface area contributed by atoms with Gasteiger partial charge in [-0.3, -0.25) is 4.79 Å². The summed E-state index contributed by atoms with van der Waals surface area (Å²) in [4.78, 5) is 21.3. The Morgan fingerprint density at radius 2 is 2.12 bits per heavy atom. The quantitative estimate of drug-likeness (QED) is 0.797. The van der Waals surface area contributed by atoms with E-state index in [0.717, 1.165) is 19.3 Å². The Bertz CT molecular complexity index is 579. The number of carbonyl (C=O) groups is 1. The number of hydrogen-bond donors (Lipinski definition) is 1. The lowest BCUT2D eigenvalue weighted by Crippen LogP contribution is -2.50. The van der Waals surface area contributed by atoms with Crippen LogP contribution in [0.1, 0.15) is 29.6 Å². The molecule has 1 aliphatic rings.